The van der Waals surface area contributed by atoms with Crippen molar-refractivity contribution in [1.29, 1.82) is 0 Å². The first-order chi connectivity index (χ1) is 16.2. The van der Waals surface area contributed by atoms with E-state index in [2.05, 4.69) is 4.72 Å². The lowest BCUT2D eigenvalue weighted by Crippen LogP contribution is -2.49. The highest BCUT2D eigenvalue weighted by Crippen LogP contribution is 2.40. The molecule has 3 fully saturated rings. The fourth-order valence-corrected chi connectivity index (χ4v) is 6.59. The molecule has 0 amide bonds. The molecule has 0 bridgehead atoms. The third-order valence-corrected chi connectivity index (χ3v) is 9.57. The molecule has 0 spiro atoms. The first-order valence-corrected chi connectivity index (χ1v) is 13.8. The summed E-state index contributed by atoms with van der Waals surface area (Å²) < 4.78 is 27.1. The molecule has 5 rings (SSSR count). The number of ketones is 2. The minimum atomic E-state index is -3.32. The van der Waals surface area contributed by atoms with E-state index in [1.165, 1.54) is 0 Å². The molecule has 0 unspecified atom stereocenters. The number of anilines is 1. The van der Waals surface area contributed by atoms with Crippen molar-refractivity contribution >= 4 is 27.3 Å². The smallest absolute Gasteiger partial charge is 0.235 e. The van der Waals surface area contributed by atoms with E-state index >= 15 is 0 Å². The zero-order valence-corrected chi connectivity index (χ0v) is 20.0. The second kappa shape index (κ2) is 8.93. The van der Waals surface area contributed by atoms with Gasteiger partial charge in [-0.15, -0.1) is 0 Å². The van der Waals surface area contributed by atoms with Crippen molar-refractivity contribution < 1.29 is 23.1 Å². The van der Waals surface area contributed by atoms with Gasteiger partial charge in [0.05, 0.1) is 5.25 Å². The number of hydrogen-bond donors (Lipinski definition) is 2. The number of carbonyl (C=O) groups is 2. The van der Waals surface area contributed by atoms with Crippen LogP contribution in [0.3, 0.4) is 0 Å². The topological polar surface area (TPSA) is 101 Å². The molecular weight excluding hydrogens is 450 g/mol. The number of nitrogens with one attached hydrogen (secondary N) is 1. The summed E-state index contributed by atoms with van der Waals surface area (Å²) in [5.41, 5.74) is 1.88. The van der Waals surface area contributed by atoms with E-state index in [9.17, 15) is 23.1 Å². The van der Waals surface area contributed by atoms with Gasteiger partial charge >= 0.3 is 0 Å². The highest BCUT2D eigenvalue weighted by atomic mass is 32.2. The second-order valence-electron chi connectivity index (χ2n) is 10.2. The molecule has 0 saturated heterocycles. The maximum atomic E-state index is 13.1. The highest BCUT2D eigenvalue weighted by molar-refractivity contribution is 7.93. The summed E-state index contributed by atoms with van der Waals surface area (Å²) in [4.78, 5) is 25.6. The summed E-state index contributed by atoms with van der Waals surface area (Å²) in [6.07, 6.45) is 6.17. The average molecular weight is 482 g/mol. The fraction of sp³-hybridized carbons (Fsp3) is 0.481. The summed E-state index contributed by atoms with van der Waals surface area (Å²) in [5, 5.41) is 10.1. The summed E-state index contributed by atoms with van der Waals surface area (Å²) in [5.74, 6) is -0.131. The van der Waals surface area contributed by atoms with Crippen LogP contribution in [-0.2, 0) is 14.8 Å². The van der Waals surface area contributed by atoms with Crippen molar-refractivity contribution in [3.63, 3.8) is 0 Å². The Balaban J connectivity index is 1.21. The van der Waals surface area contributed by atoms with Crippen molar-refractivity contribution in [2.24, 2.45) is 11.8 Å². The molecule has 2 aromatic carbocycles. The first kappa shape index (κ1) is 23.2. The van der Waals surface area contributed by atoms with E-state index in [1.54, 1.807) is 6.07 Å². The lowest BCUT2D eigenvalue weighted by molar-refractivity contribution is -0.151. The van der Waals surface area contributed by atoms with Gasteiger partial charge < -0.3 is 5.11 Å². The van der Waals surface area contributed by atoms with Gasteiger partial charge in [-0.2, -0.15) is 0 Å². The van der Waals surface area contributed by atoms with Crippen LogP contribution in [-0.4, -0.2) is 35.9 Å². The highest BCUT2D eigenvalue weighted by Gasteiger charge is 2.45. The number of hydrogen-bond acceptors (Lipinski definition) is 5. The largest absolute Gasteiger partial charge is 0.382 e. The number of sulfonamides is 1. The molecule has 3 aliphatic rings. The predicted molar refractivity (Wildman–Crippen MR) is 131 cm³/mol. The quantitative estimate of drug-likeness (QED) is 0.531. The second-order valence-corrected chi connectivity index (χ2v) is 12.1. The van der Waals surface area contributed by atoms with E-state index in [-0.39, 0.29) is 28.7 Å². The van der Waals surface area contributed by atoms with Crippen LogP contribution in [0.25, 0.3) is 11.1 Å². The molecular formula is C27H31NO5S. The van der Waals surface area contributed by atoms with Gasteiger partial charge in [-0.1, -0.05) is 36.4 Å². The van der Waals surface area contributed by atoms with E-state index in [0.29, 0.717) is 62.6 Å². The van der Waals surface area contributed by atoms with Gasteiger partial charge in [0.1, 0.15) is 5.60 Å². The van der Waals surface area contributed by atoms with Crippen LogP contribution in [0.1, 0.15) is 68.1 Å². The van der Waals surface area contributed by atoms with Crippen LogP contribution in [0.5, 0.6) is 0 Å². The molecule has 0 atom stereocenters. The summed E-state index contributed by atoms with van der Waals surface area (Å²) >= 11 is 0. The van der Waals surface area contributed by atoms with E-state index < -0.39 is 15.6 Å². The van der Waals surface area contributed by atoms with Gasteiger partial charge in [-0.05, 0) is 81.0 Å². The van der Waals surface area contributed by atoms with Crippen LogP contribution in [0.15, 0.2) is 48.5 Å². The lowest BCUT2D eigenvalue weighted by atomic mass is 9.68. The van der Waals surface area contributed by atoms with Crippen LogP contribution in [0, 0.1) is 11.8 Å². The molecule has 3 aliphatic carbocycles. The molecule has 6 nitrogen and oxygen atoms in total. The van der Waals surface area contributed by atoms with E-state index in [0.717, 1.165) is 17.5 Å². The molecule has 34 heavy (non-hydrogen) atoms. The summed E-state index contributed by atoms with van der Waals surface area (Å²) in [6.45, 7) is 0. The molecule has 0 heterocycles. The Kier molecular flexibility index (Phi) is 6.10. The molecule has 2 N–H and O–H groups in total. The predicted octanol–water partition coefficient (Wildman–Crippen LogP) is 4.73. The number of benzene rings is 2. The SMILES string of the molecule is O=C(c1ccc(-c2cccc(NS(=O)(=O)C3CC3)c2)cc1)C1CCC(C(=O)C2(O)CCC2)CC1. The molecule has 2 aromatic rings. The third-order valence-electron chi connectivity index (χ3n) is 7.70. The Morgan fingerprint density at radius 1 is 0.853 bits per heavy atom. The minimum absolute atomic E-state index is 0.0179. The maximum absolute atomic E-state index is 13.1. The van der Waals surface area contributed by atoms with Crippen molar-refractivity contribution in [3.8, 4) is 11.1 Å². The third kappa shape index (κ3) is 4.68. The van der Waals surface area contributed by atoms with Crippen LogP contribution < -0.4 is 4.72 Å². The zero-order chi connectivity index (χ0) is 23.9. The summed E-state index contributed by atoms with van der Waals surface area (Å²) in [7, 11) is -3.32. The van der Waals surface area contributed by atoms with Gasteiger partial charge in [-0.3, -0.25) is 14.3 Å². The van der Waals surface area contributed by atoms with Gasteiger partial charge in [0.25, 0.3) is 0 Å². The van der Waals surface area contributed by atoms with Gasteiger partial charge in [-0.25, -0.2) is 8.42 Å². The molecule has 7 heteroatoms. The molecule has 0 aromatic heterocycles. The Morgan fingerprint density at radius 3 is 2.09 bits per heavy atom. The zero-order valence-electron chi connectivity index (χ0n) is 19.2. The molecule has 3 saturated carbocycles. The van der Waals surface area contributed by atoms with E-state index in [1.807, 2.05) is 42.5 Å². The van der Waals surface area contributed by atoms with Crippen molar-refractivity contribution in [1.82, 2.24) is 0 Å². The number of Topliss-reactive ketones (excluding diaryl/α,β-unsaturated/α-hetero) is 2. The molecule has 0 radical (unpaired) electrons. The van der Waals surface area contributed by atoms with Crippen LogP contribution in [0.2, 0.25) is 0 Å². The lowest BCUT2D eigenvalue weighted by Gasteiger charge is -2.39. The number of aliphatic hydroxyl groups is 1. The standard InChI is InChI=1S/C27H31NO5S/c29-25(20-9-11-21(12-10-20)26(30)27(31)15-2-16-27)19-7-5-18(6-8-19)22-3-1-4-23(17-22)28-34(32,33)24-13-14-24/h1,3-8,17,20-21,24,28,31H,2,9-16H2. The van der Waals surface area contributed by atoms with Crippen molar-refractivity contribution in [2.45, 2.75) is 68.6 Å². The van der Waals surface area contributed by atoms with Crippen molar-refractivity contribution in [3.05, 3.63) is 54.1 Å². The van der Waals surface area contributed by atoms with Gasteiger partial charge in [0, 0.05) is 23.1 Å². The maximum Gasteiger partial charge on any atom is 0.235 e. The molecule has 0 aliphatic heterocycles. The van der Waals surface area contributed by atoms with Crippen LogP contribution >= 0.6 is 0 Å². The number of carbonyl (C=O) groups excluding carboxylic acids is 2. The Bertz CT molecular complexity index is 1190. The van der Waals surface area contributed by atoms with Gasteiger partial charge in [0.15, 0.2) is 11.6 Å². The van der Waals surface area contributed by atoms with Gasteiger partial charge in [0.2, 0.25) is 10.0 Å². The minimum Gasteiger partial charge on any atom is -0.382 e. The molecule has 180 valence electrons. The Morgan fingerprint density at radius 2 is 1.50 bits per heavy atom. The normalized spacial score (nSPS) is 24.1. The Hall–Kier alpha value is -2.51. The monoisotopic (exact) mass is 481 g/mol. The van der Waals surface area contributed by atoms with Crippen LogP contribution in [0.4, 0.5) is 5.69 Å². The van der Waals surface area contributed by atoms with Crippen molar-refractivity contribution in [2.75, 3.05) is 4.72 Å². The average Bonchev–Trinajstić information content (AvgIpc) is 3.68. The van der Waals surface area contributed by atoms with E-state index in [4.69, 9.17) is 0 Å². The Labute approximate surface area is 200 Å². The fourth-order valence-electron chi connectivity index (χ4n) is 5.21. The number of rotatable bonds is 8. The summed E-state index contributed by atoms with van der Waals surface area (Å²) in [6, 6.07) is 14.7. The first-order valence-electron chi connectivity index (χ1n) is 12.3.